The predicted molar refractivity (Wildman–Crippen MR) is 65.6 cm³/mol. The van der Waals surface area contributed by atoms with E-state index in [2.05, 4.69) is 15.1 Å². The first-order valence-electron chi connectivity index (χ1n) is 5.55. The monoisotopic (exact) mass is 283 g/mol. The van der Waals surface area contributed by atoms with Crippen LogP contribution in [-0.2, 0) is 16.6 Å². The maximum absolute atomic E-state index is 12.0. The quantitative estimate of drug-likeness (QED) is 0.861. The second-order valence-corrected chi connectivity index (χ2v) is 5.96. The Morgan fingerprint density at radius 3 is 2.94 bits per heavy atom. The molecule has 0 radical (unpaired) electrons. The summed E-state index contributed by atoms with van der Waals surface area (Å²) in [7, 11) is -1.28. The lowest BCUT2D eigenvalue weighted by atomic mass is 10.4. The van der Waals surface area contributed by atoms with Crippen molar-refractivity contribution in [2.24, 2.45) is 0 Å². The van der Waals surface area contributed by atoms with E-state index in [0.717, 1.165) is 12.8 Å². The van der Waals surface area contributed by atoms with E-state index < -0.39 is 10.8 Å². The number of nitrogens with zero attached hydrogens (tertiary/aromatic N) is 3. The van der Waals surface area contributed by atoms with E-state index in [1.807, 2.05) is 0 Å². The minimum absolute atomic E-state index is 0.213. The van der Waals surface area contributed by atoms with Gasteiger partial charge in [-0.25, -0.2) is 4.98 Å². The highest BCUT2D eigenvalue weighted by Gasteiger charge is 2.29. The first-order valence-corrected chi connectivity index (χ1v) is 7.24. The highest BCUT2D eigenvalue weighted by atomic mass is 35.5. The smallest absolute Gasteiger partial charge is 0.229 e. The van der Waals surface area contributed by atoms with E-state index in [4.69, 9.17) is 16.1 Å². The van der Waals surface area contributed by atoms with Crippen LogP contribution in [-0.4, -0.2) is 19.3 Å². The number of hydrogen-bond acceptors (Lipinski definition) is 5. The molecule has 2 aromatic rings. The minimum Gasteiger partial charge on any atom is -0.339 e. The molecule has 0 N–H and O–H groups in total. The molecule has 1 fully saturated rings. The average Bonchev–Trinajstić information content (AvgIpc) is 3.11. The SMILES string of the molecule is O=S(Cc1noc(C2CC2)n1)c1ccc(Cl)cn1. The zero-order valence-corrected chi connectivity index (χ0v) is 10.9. The molecule has 1 atom stereocenters. The highest BCUT2D eigenvalue weighted by Crippen LogP contribution is 2.38. The average molecular weight is 284 g/mol. The topological polar surface area (TPSA) is 68.9 Å². The van der Waals surface area contributed by atoms with Crippen molar-refractivity contribution >= 4 is 22.4 Å². The molecule has 0 aromatic carbocycles. The molecule has 2 heterocycles. The summed E-state index contributed by atoms with van der Waals surface area (Å²) in [5.41, 5.74) is 0. The van der Waals surface area contributed by atoms with Crippen LogP contribution in [0.2, 0.25) is 5.02 Å². The van der Waals surface area contributed by atoms with Gasteiger partial charge in [0.2, 0.25) is 5.89 Å². The summed E-state index contributed by atoms with van der Waals surface area (Å²) in [6.45, 7) is 0. The fraction of sp³-hybridized carbons (Fsp3) is 0.364. The molecule has 1 saturated carbocycles. The van der Waals surface area contributed by atoms with Gasteiger partial charge in [-0.15, -0.1) is 0 Å². The lowest BCUT2D eigenvalue weighted by molar-refractivity contribution is 0.375. The summed E-state index contributed by atoms with van der Waals surface area (Å²) in [4.78, 5) is 8.24. The van der Waals surface area contributed by atoms with Gasteiger partial charge in [0, 0.05) is 12.1 Å². The van der Waals surface area contributed by atoms with Crippen LogP contribution in [0, 0.1) is 0 Å². The summed E-state index contributed by atoms with van der Waals surface area (Å²) >= 11 is 5.72. The molecule has 2 aromatic heterocycles. The molecule has 0 spiro atoms. The van der Waals surface area contributed by atoms with Crippen molar-refractivity contribution < 1.29 is 8.73 Å². The van der Waals surface area contributed by atoms with E-state index >= 15 is 0 Å². The second-order valence-electron chi connectivity index (χ2n) is 4.13. The number of rotatable bonds is 4. The van der Waals surface area contributed by atoms with Gasteiger partial charge >= 0.3 is 0 Å². The lowest BCUT2D eigenvalue weighted by Gasteiger charge is -1.97. The van der Waals surface area contributed by atoms with Gasteiger partial charge in [-0.1, -0.05) is 16.8 Å². The first kappa shape index (κ1) is 11.8. The van der Waals surface area contributed by atoms with Crippen molar-refractivity contribution in [1.29, 1.82) is 0 Å². The molecule has 5 nitrogen and oxygen atoms in total. The number of halogens is 1. The fourth-order valence-electron chi connectivity index (χ4n) is 1.51. The Hall–Kier alpha value is -1.27. The third-order valence-electron chi connectivity index (χ3n) is 2.60. The molecule has 3 rings (SSSR count). The molecule has 0 amide bonds. The molecule has 1 unspecified atom stereocenters. The van der Waals surface area contributed by atoms with Crippen molar-refractivity contribution in [2.45, 2.75) is 29.5 Å². The van der Waals surface area contributed by atoms with Gasteiger partial charge in [0.25, 0.3) is 0 Å². The Morgan fingerprint density at radius 2 is 2.28 bits per heavy atom. The molecule has 0 aliphatic heterocycles. The van der Waals surface area contributed by atoms with Gasteiger partial charge in [-0.2, -0.15) is 4.98 Å². The van der Waals surface area contributed by atoms with Gasteiger partial charge < -0.3 is 4.52 Å². The molecular formula is C11H10ClN3O2S. The number of aromatic nitrogens is 3. The molecular weight excluding hydrogens is 274 g/mol. The van der Waals surface area contributed by atoms with E-state index in [9.17, 15) is 4.21 Å². The summed E-state index contributed by atoms with van der Waals surface area (Å²) in [5.74, 6) is 1.75. The zero-order valence-electron chi connectivity index (χ0n) is 9.38. The standard InChI is InChI=1S/C11H10ClN3O2S/c12-8-3-4-10(13-5-8)18(16)6-9-14-11(17-15-9)7-1-2-7/h3-5,7H,1-2,6H2. The van der Waals surface area contributed by atoms with Crippen LogP contribution < -0.4 is 0 Å². The van der Waals surface area contributed by atoms with Gasteiger partial charge in [0.15, 0.2) is 5.82 Å². The maximum atomic E-state index is 12.0. The minimum atomic E-state index is -1.28. The van der Waals surface area contributed by atoms with Crippen LogP contribution in [0.15, 0.2) is 27.9 Å². The Kier molecular flexibility index (Phi) is 3.13. The Bertz CT molecular complexity index is 580. The summed E-state index contributed by atoms with van der Waals surface area (Å²) in [5, 5.41) is 4.82. The van der Waals surface area contributed by atoms with Crippen LogP contribution in [0.1, 0.15) is 30.5 Å². The van der Waals surface area contributed by atoms with Crippen molar-refractivity contribution in [3.63, 3.8) is 0 Å². The van der Waals surface area contributed by atoms with Crippen molar-refractivity contribution in [1.82, 2.24) is 15.1 Å². The summed E-state index contributed by atoms with van der Waals surface area (Å²) in [6, 6.07) is 3.30. The van der Waals surface area contributed by atoms with Crippen molar-refractivity contribution in [2.75, 3.05) is 0 Å². The van der Waals surface area contributed by atoms with E-state index in [-0.39, 0.29) is 5.75 Å². The Balaban J connectivity index is 1.70. The van der Waals surface area contributed by atoms with Crippen LogP contribution in [0.25, 0.3) is 0 Å². The molecule has 94 valence electrons. The van der Waals surface area contributed by atoms with Crippen molar-refractivity contribution in [3.8, 4) is 0 Å². The molecule has 0 bridgehead atoms. The van der Waals surface area contributed by atoms with Crippen LogP contribution in [0.5, 0.6) is 0 Å². The van der Waals surface area contributed by atoms with E-state index in [0.29, 0.717) is 27.7 Å². The number of pyridine rings is 1. The van der Waals surface area contributed by atoms with Gasteiger partial charge in [0.05, 0.1) is 21.6 Å². The second kappa shape index (κ2) is 4.78. The third kappa shape index (κ3) is 2.59. The molecule has 0 saturated heterocycles. The van der Waals surface area contributed by atoms with E-state index in [1.165, 1.54) is 6.20 Å². The molecule has 7 heteroatoms. The first-order chi connectivity index (χ1) is 8.72. The van der Waals surface area contributed by atoms with Crippen molar-refractivity contribution in [3.05, 3.63) is 35.1 Å². The van der Waals surface area contributed by atoms with E-state index in [1.54, 1.807) is 12.1 Å². The summed E-state index contributed by atoms with van der Waals surface area (Å²) < 4.78 is 17.1. The maximum Gasteiger partial charge on any atom is 0.229 e. The van der Waals surface area contributed by atoms with Crippen LogP contribution >= 0.6 is 11.6 Å². The Labute approximate surface area is 111 Å². The van der Waals surface area contributed by atoms with Gasteiger partial charge in [-0.3, -0.25) is 4.21 Å². The van der Waals surface area contributed by atoms with Gasteiger partial charge in [0.1, 0.15) is 5.03 Å². The normalized spacial score (nSPS) is 16.7. The fourth-order valence-corrected chi connectivity index (χ4v) is 2.51. The molecule has 1 aliphatic rings. The van der Waals surface area contributed by atoms with Gasteiger partial charge in [-0.05, 0) is 25.0 Å². The molecule has 18 heavy (non-hydrogen) atoms. The molecule has 1 aliphatic carbocycles. The van der Waals surface area contributed by atoms with Crippen LogP contribution in [0.3, 0.4) is 0 Å². The van der Waals surface area contributed by atoms with Crippen LogP contribution in [0.4, 0.5) is 0 Å². The zero-order chi connectivity index (χ0) is 12.5. The Morgan fingerprint density at radius 1 is 1.44 bits per heavy atom. The summed E-state index contributed by atoms with van der Waals surface area (Å²) in [6.07, 6.45) is 3.67. The lowest BCUT2D eigenvalue weighted by Crippen LogP contribution is -2.00. The largest absolute Gasteiger partial charge is 0.339 e. The highest BCUT2D eigenvalue weighted by molar-refractivity contribution is 7.84. The third-order valence-corrected chi connectivity index (χ3v) is 4.06. The number of hydrogen-bond donors (Lipinski definition) is 0. The predicted octanol–water partition coefficient (Wildman–Crippen LogP) is 2.30.